The maximum Gasteiger partial charge on any atom is 0.273 e. The van der Waals surface area contributed by atoms with Gasteiger partial charge in [0.25, 0.3) is 5.69 Å². The molecule has 0 aliphatic carbocycles. The smallest absolute Gasteiger partial charge is 0.273 e. The fourth-order valence-corrected chi connectivity index (χ4v) is 6.72. The largest absolute Gasteiger partial charge is 0.494 e. The van der Waals surface area contributed by atoms with Gasteiger partial charge in [0, 0.05) is 23.4 Å². The molecule has 4 heterocycles. The summed E-state index contributed by atoms with van der Waals surface area (Å²) in [5.41, 5.74) is 2.10. The van der Waals surface area contributed by atoms with Gasteiger partial charge in [-0.3, -0.25) is 29.4 Å². The lowest BCUT2D eigenvalue weighted by molar-refractivity contribution is -0.384. The molecule has 1 spiro atoms. The number of carbonyl (C=O) groups excluding carboxylic acids is 3. The minimum atomic E-state index is -1.27. The van der Waals surface area contributed by atoms with Crippen LogP contribution in [0.3, 0.4) is 0 Å². The topological polar surface area (TPSA) is 122 Å². The van der Waals surface area contributed by atoms with Crippen LogP contribution in [0.25, 0.3) is 0 Å². The molecule has 3 amide bonds. The fraction of sp³-hybridized carbons (Fsp3) is 0.400. The first-order valence-corrected chi connectivity index (χ1v) is 11.6. The molecule has 0 aromatic heterocycles. The molecule has 1 N–H and O–H groups in total. The van der Waals surface area contributed by atoms with Gasteiger partial charge in [0.1, 0.15) is 11.3 Å². The highest BCUT2D eigenvalue weighted by Crippen LogP contribution is 2.61. The molecule has 4 aliphatic heterocycles. The van der Waals surface area contributed by atoms with Gasteiger partial charge >= 0.3 is 0 Å². The minimum absolute atomic E-state index is 0.0564. The molecule has 0 saturated carbocycles. The second-order valence-corrected chi connectivity index (χ2v) is 9.68. The van der Waals surface area contributed by atoms with Crippen molar-refractivity contribution in [2.24, 2.45) is 11.8 Å². The molecule has 0 bridgehead atoms. The molecule has 2 aromatic carbocycles. The van der Waals surface area contributed by atoms with Gasteiger partial charge in [-0.05, 0) is 50.4 Å². The van der Waals surface area contributed by atoms with Crippen LogP contribution in [0.15, 0.2) is 30.3 Å². The third-order valence-electron chi connectivity index (χ3n) is 8.31. The average Bonchev–Trinajstić information content (AvgIpc) is 3.54. The number of ether oxygens (including phenoxy) is 1. The first-order chi connectivity index (χ1) is 16.7. The van der Waals surface area contributed by atoms with Crippen molar-refractivity contribution in [2.75, 3.05) is 23.9 Å². The van der Waals surface area contributed by atoms with E-state index in [2.05, 4.69) is 10.2 Å². The first-order valence-electron chi connectivity index (χ1n) is 11.6. The molecule has 10 nitrogen and oxygen atoms in total. The first kappa shape index (κ1) is 21.7. The quantitative estimate of drug-likeness (QED) is 0.411. The molecule has 3 fully saturated rings. The Kier molecular flexibility index (Phi) is 4.41. The van der Waals surface area contributed by atoms with Gasteiger partial charge in [-0.2, -0.15) is 0 Å². The number of nitrogens with zero attached hydrogens (tertiary/aromatic N) is 3. The molecule has 10 heteroatoms. The SMILES string of the molecule is COc1cc([N+](=O)[O-])ccc1N1C(=O)[C@@H]2[C@@H]3CCCN3[C@@]3(C(=O)Nc4c3ccc(C)c4C)[C@H]2C1=O. The molecule has 4 aliphatic rings. The standard InChI is InChI=1S/C25H24N4O6/c1-12-6-8-15-21(13(12)2)26-24(32)25(15)20-19(17-5-4-10-27(17)25)22(30)28(23(20)31)16-9-7-14(29(33)34)11-18(16)35-3/h6-9,11,17,19-20H,4-5,10H2,1-3H3,(H,26,32)/t17-,19+,20+,25+/m0/s1. The second-order valence-electron chi connectivity index (χ2n) is 9.68. The second kappa shape index (κ2) is 7.11. The number of nitrogens with one attached hydrogen (secondary N) is 1. The molecule has 3 saturated heterocycles. The van der Waals surface area contributed by atoms with Crippen LogP contribution < -0.4 is 15.0 Å². The lowest BCUT2D eigenvalue weighted by Gasteiger charge is -2.36. The molecule has 180 valence electrons. The van der Waals surface area contributed by atoms with Crippen molar-refractivity contribution >= 4 is 34.8 Å². The molecule has 0 unspecified atom stereocenters. The summed E-state index contributed by atoms with van der Waals surface area (Å²) in [5, 5.41) is 14.3. The Balaban J connectivity index is 1.54. The Hall–Kier alpha value is -3.79. The summed E-state index contributed by atoms with van der Waals surface area (Å²) in [6, 6.07) is 7.42. The van der Waals surface area contributed by atoms with Crippen molar-refractivity contribution in [1.29, 1.82) is 0 Å². The predicted octanol–water partition coefficient (Wildman–Crippen LogP) is 2.65. The summed E-state index contributed by atoms with van der Waals surface area (Å²) in [6.45, 7) is 4.53. The van der Waals surface area contributed by atoms with Crippen molar-refractivity contribution in [3.8, 4) is 5.75 Å². The predicted molar refractivity (Wildman–Crippen MR) is 125 cm³/mol. The number of rotatable bonds is 3. The average molecular weight is 476 g/mol. The van der Waals surface area contributed by atoms with Gasteiger partial charge in [0.15, 0.2) is 0 Å². The fourth-order valence-electron chi connectivity index (χ4n) is 6.72. The molecule has 35 heavy (non-hydrogen) atoms. The number of methoxy groups -OCH3 is 1. The summed E-state index contributed by atoms with van der Waals surface area (Å²) < 4.78 is 5.34. The summed E-state index contributed by atoms with van der Waals surface area (Å²) in [5.74, 6) is -2.69. The number of nitro groups is 1. The minimum Gasteiger partial charge on any atom is -0.494 e. The van der Waals surface area contributed by atoms with E-state index < -0.39 is 34.1 Å². The molecular weight excluding hydrogens is 452 g/mol. The van der Waals surface area contributed by atoms with Crippen LogP contribution in [0.4, 0.5) is 17.1 Å². The summed E-state index contributed by atoms with van der Waals surface area (Å²) >= 11 is 0. The van der Waals surface area contributed by atoms with Crippen LogP contribution in [-0.2, 0) is 19.9 Å². The van der Waals surface area contributed by atoms with E-state index in [1.165, 1.54) is 25.3 Å². The zero-order chi connectivity index (χ0) is 24.8. The number of amides is 3. The van der Waals surface area contributed by atoms with Gasteiger partial charge in [-0.1, -0.05) is 12.1 Å². The third kappa shape index (κ3) is 2.49. The van der Waals surface area contributed by atoms with Crippen LogP contribution in [0.1, 0.15) is 29.5 Å². The lowest BCUT2D eigenvalue weighted by atomic mass is 9.75. The number of hydrogen-bond acceptors (Lipinski definition) is 7. The summed E-state index contributed by atoms with van der Waals surface area (Å²) in [4.78, 5) is 55.6. The Labute approximate surface area is 201 Å². The number of nitro benzene ring substituents is 1. The van der Waals surface area contributed by atoms with Crippen molar-refractivity contribution in [3.05, 3.63) is 57.1 Å². The normalized spacial score (nSPS) is 28.9. The Morgan fingerprint density at radius 3 is 2.63 bits per heavy atom. The lowest BCUT2D eigenvalue weighted by Crippen LogP contribution is -2.54. The zero-order valence-electron chi connectivity index (χ0n) is 19.5. The van der Waals surface area contributed by atoms with Crippen LogP contribution in [0.5, 0.6) is 5.75 Å². The summed E-state index contributed by atoms with van der Waals surface area (Å²) in [6.07, 6.45) is 1.53. The van der Waals surface area contributed by atoms with Crippen LogP contribution in [-0.4, -0.2) is 47.2 Å². The molecular formula is C25H24N4O6. The van der Waals surface area contributed by atoms with Crippen molar-refractivity contribution in [3.63, 3.8) is 0 Å². The molecule has 0 radical (unpaired) electrons. The summed E-state index contributed by atoms with van der Waals surface area (Å²) in [7, 11) is 1.33. The van der Waals surface area contributed by atoms with E-state index >= 15 is 0 Å². The monoisotopic (exact) mass is 476 g/mol. The van der Waals surface area contributed by atoms with E-state index in [0.717, 1.165) is 28.0 Å². The van der Waals surface area contributed by atoms with Gasteiger partial charge < -0.3 is 10.1 Å². The number of hydrogen-bond donors (Lipinski definition) is 1. The number of anilines is 2. The maximum absolute atomic E-state index is 14.1. The maximum atomic E-state index is 14.1. The highest BCUT2D eigenvalue weighted by molar-refractivity contribution is 6.26. The highest BCUT2D eigenvalue weighted by atomic mass is 16.6. The Morgan fingerprint density at radius 2 is 1.91 bits per heavy atom. The van der Waals surface area contributed by atoms with E-state index in [4.69, 9.17) is 4.74 Å². The van der Waals surface area contributed by atoms with Gasteiger partial charge in [0.2, 0.25) is 17.7 Å². The van der Waals surface area contributed by atoms with E-state index in [-0.39, 0.29) is 29.1 Å². The number of carbonyl (C=O) groups is 3. The van der Waals surface area contributed by atoms with Crippen molar-refractivity contribution in [2.45, 2.75) is 38.3 Å². The molecule has 4 atom stereocenters. The van der Waals surface area contributed by atoms with E-state index in [0.29, 0.717) is 18.7 Å². The molecule has 6 rings (SSSR count). The Morgan fingerprint density at radius 1 is 1.14 bits per heavy atom. The zero-order valence-corrected chi connectivity index (χ0v) is 19.5. The highest BCUT2D eigenvalue weighted by Gasteiger charge is 2.74. The van der Waals surface area contributed by atoms with E-state index in [1.54, 1.807) is 0 Å². The van der Waals surface area contributed by atoms with E-state index in [1.807, 2.05) is 26.0 Å². The number of aryl methyl sites for hydroxylation is 1. The van der Waals surface area contributed by atoms with Crippen LogP contribution in [0.2, 0.25) is 0 Å². The number of fused-ring (bicyclic) bond motifs is 7. The van der Waals surface area contributed by atoms with Crippen molar-refractivity contribution < 1.29 is 24.0 Å². The van der Waals surface area contributed by atoms with Gasteiger partial charge in [-0.25, -0.2) is 4.90 Å². The van der Waals surface area contributed by atoms with Gasteiger partial charge in [-0.15, -0.1) is 0 Å². The Bertz CT molecular complexity index is 1360. The van der Waals surface area contributed by atoms with Crippen molar-refractivity contribution in [1.82, 2.24) is 4.90 Å². The van der Waals surface area contributed by atoms with E-state index in [9.17, 15) is 24.5 Å². The number of benzene rings is 2. The number of non-ortho nitro benzene ring substituents is 1. The third-order valence-corrected chi connectivity index (χ3v) is 8.31. The van der Waals surface area contributed by atoms with Crippen LogP contribution in [0, 0.1) is 35.8 Å². The number of imide groups is 1. The molecule has 2 aromatic rings. The van der Waals surface area contributed by atoms with Crippen LogP contribution >= 0.6 is 0 Å². The van der Waals surface area contributed by atoms with Gasteiger partial charge in [0.05, 0.1) is 35.6 Å².